The van der Waals surface area contributed by atoms with Gasteiger partial charge in [-0.2, -0.15) is 0 Å². The SMILES string of the molecule is COC(=O)NNC(=O)CCCCC(=O)NNC(=O)OC. The Morgan fingerprint density at radius 1 is 0.700 bits per heavy atom. The number of rotatable bonds is 5. The van der Waals surface area contributed by atoms with Crippen LogP contribution in [-0.4, -0.2) is 38.2 Å². The lowest BCUT2D eigenvalue weighted by Gasteiger charge is -2.06. The van der Waals surface area contributed by atoms with Crippen molar-refractivity contribution in [1.29, 1.82) is 0 Å². The van der Waals surface area contributed by atoms with Gasteiger partial charge in [-0.1, -0.05) is 0 Å². The minimum atomic E-state index is -0.772. The first kappa shape index (κ1) is 17.5. The van der Waals surface area contributed by atoms with Crippen molar-refractivity contribution in [2.45, 2.75) is 25.7 Å². The number of ether oxygens (including phenoxy) is 2. The van der Waals surface area contributed by atoms with Crippen molar-refractivity contribution in [2.24, 2.45) is 0 Å². The summed E-state index contributed by atoms with van der Waals surface area (Å²) >= 11 is 0. The highest BCUT2D eigenvalue weighted by atomic mass is 16.5. The predicted molar refractivity (Wildman–Crippen MR) is 65.8 cm³/mol. The third-order valence-electron chi connectivity index (χ3n) is 2.04. The summed E-state index contributed by atoms with van der Waals surface area (Å²) in [6, 6.07) is 0. The van der Waals surface area contributed by atoms with Gasteiger partial charge in [0.05, 0.1) is 14.2 Å². The molecule has 0 bridgehead atoms. The second-order valence-corrected chi connectivity index (χ2v) is 3.54. The highest BCUT2D eigenvalue weighted by Gasteiger charge is 2.06. The molecule has 0 aliphatic heterocycles. The largest absolute Gasteiger partial charge is 0.452 e. The lowest BCUT2D eigenvalue weighted by molar-refractivity contribution is -0.123. The van der Waals surface area contributed by atoms with Gasteiger partial charge in [0.1, 0.15) is 0 Å². The highest BCUT2D eigenvalue weighted by Crippen LogP contribution is 1.99. The van der Waals surface area contributed by atoms with Crippen LogP contribution in [0.5, 0.6) is 0 Å². The Morgan fingerprint density at radius 3 is 1.35 bits per heavy atom. The third kappa shape index (κ3) is 9.50. The van der Waals surface area contributed by atoms with Crippen LogP contribution in [0.1, 0.15) is 25.7 Å². The number of hydrogen-bond donors (Lipinski definition) is 4. The van der Waals surface area contributed by atoms with Crippen LogP contribution in [0.3, 0.4) is 0 Å². The normalized spacial score (nSPS) is 9.10. The van der Waals surface area contributed by atoms with Gasteiger partial charge >= 0.3 is 12.2 Å². The molecule has 0 aromatic heterocycles. The molecule has 10 nitrogen and oxygen atoms in total. The molecule has 4 amide bonds. The Balaban J connectivity index is 3.55. The first-order valence-electron chi connectivity index (χ1n) is 5.75. The molecule has 0 atom stereocenters. The van der Waals surface area contributed by atoms with Crippen molar-refractivity contribution in [3.63, 3.8) is 0 Å². The second-order valence-electron chi connectivity index (χ2n) is 3.54. The van der Waals surface area contributed by atoms with Gasteiger partial charge < -0.3 is 9.47 Å². The standard InChI is InChI=1S/C10H18N4O6/c1-19-9(17)13-11-7(15)5-3-4-6-8(16)12-14-10(18)20-2/h3-6H2,1-2H3,(H,11,15)(H,12,16)(H,13,17)(H,14,18). The summed E-state index contributed by atoms with van der Waals surface area (Å²) in [5.74, 6) is -0.799. The van der Waals surface area contributed by atoms with Crippen LogP contribution in [0, 0.1) is 0 Å². The number of hydrogen-bond acceptors (Lipinski definition) is 6. The maximum atomic E-state index is 11.2. The second kappa shape index (κ2) is 10.4. The van der Waals surface area contributed by atoms with Gasteiger partial charge in [-0.25, -0.2) is 20.4 Å². The Labute approximate surface area is 115 Å². The van der Waals surface area contributed by atoms with Gasteiger partial charge in [-0.3, -0.25) is 20.4 Å². The number of carbonyl (C=O) groups excluding carboxylic acids is 4. The summed E-state index contributed by atoms with van der Waals surface area (Å²) in [6.07, 6.45) is -0.373. The van der Waals surface area contributed by atoms with Crippen molar-refractivity contribution in [1.82, 2.24) is 21.7 Å². The fourth-order valence-electron chi connectivity index (χ4n) is 1.04. The molecular weight excluding hydrogens is 272 g/mol. The molecule has 0 aliphatic carbocycles. The molecule has 0 heterocycles. The molecule has 0 saturated carbocycles. The van der Waals surface area contributed by atoms with Crippen molar-refractivity contribution in [2.75, 3.05) is 14.2 Å². The number of hydrazine groups is 2. The van der Waals surface area contributed by atoms with Gasteiger partial charge in [0, 0.05) is 12.8 Å². The summed E-state index contributed by atoms with van der Waals surface area (Å²) in [4.78, 5) is 43.7. The van der Waals surface area contributed by atoms with Crippen LogP contribution in [-0.2, 0) is 19.1 Å². The van der Waals surface area contributed by atoms with Gasteiger partial charge in [-0.15, -0.1) is 0 Å². The average molecular weight is 290 g/mol. The third-order valence-corrected chi connectivity index (χ3v) is 2.04. The van der Waals surface area contributed by atoms with Gasteiger partial charge in [0.15, 0.2) is 0 Å². The van der Waals surface area contributed by atoms with E-state index in [1.807, 2.05) is 10.9 Å². The molecule has 0 aliphatic rings. The highest BCUT2D eigenvalue weighted by molar-refractivity contribution is 5.80. The molecular formula is C10H18N4O6. The Kier molecular flexibility index (Phi) is 9.10. The van der Waals surface area contributed by atoms with E-state index >= 15 is 0 Å². The van der Waals surface area contributed by atoms with Crippen molar-refractivity contribution in [3.05, 3.63) is 0 Å². The van der Waals surface area contributed by atoms with E-state index < -0.39 is 24.0 Å². The van der Waals surface area contributed by atoms with Gasteiger partial charge in [-0.05, 0) is 12.8 Å². The fraction of sp³-hybridized carbons (Fsp3) is 0.600. The summed E-state index contributed by atoms with van der Waals surface area (Å²) < 4.78 is 8.50. The number of methoxy groups -OCH3 is 2. The van der Waals surface area contributed by atoms with E-state index in [1.54, 1.807) is 0 Å². The molecule has 20 heavy (non-hydrogen) atoms. The first-order chi connectivity index (χ1) is 9.49. The van der Waals surface area contributed by atoms with Crippen molar-refractivity contribution >= 4 is 24.0 Å². The van der Waals surface area contributed by atoms with Crippen LogP contribution < -0.4 is 21.7 Å². The maximum absolute atomic E-state index is 11.2. The fourth-order valence-corrected chi connectivity index (χ4v) is 1.04. The van der Waals surface area contributed by atoms with Crippen LogP contribution >= 0.6 is 0 Å². The lowest BCUT2D eigenvalue weighted by atomic mass is 10.2. The topological polar surface area (TPSA) is 135 Å². The summed E-state index contributed by atoms with van der Waals surface area (Å²) in [7, 11) is 2.34. The van der Waals surface area contributed by atoms with E-state index in [2.05, 4.69) is 20.3 Å². The number of carbonyl (C=O) groups is 4. The molecule has 0 spiro atoms. The quantitative estimate of drug-likeness (QED) is 0.391. The molecule has 4 N–H and O–H groups in total. The van der Waals surface area contributed by atoms with E-state index in [9.17, 15) is 19.2 Å². The smallest absolute Gasteiger partial charge is 0.425 e. The monoisotopic (exact) mass is 290 g/mol. The lowest BCUT2D eigenvalue weighted by Crippen LogP contribution is -2.41. The molecule has 0 saturated heterocycles. The number of amides is 4. The molecule has 0 aromatic rings. The molecule has 0 rings (SSSR count). The molecule has 114 valence electrons. The van der Waals surface area contributed by atoms with Crippen LogP contribution in [0.4, 0.5) is 9.59 Å². The maximum Gasteiger partial charge on any atom is 0.425 e. The Bertz CT molecular complexity index is 326. The summed E-state index contributed by atoms with van der Waals surface area (Å²) in [5.41, 5.74) is 8.30. The number of unbranched alkanes of at least 4 members (excludes halogenated alkanes) is 1. The van der Waals surface area contributed by atoms with Crippen molar-refractivity contribution < 1.29 is 28.7 Å². The van der Waals surface area contributed by atoms with E-state index in [0.29, 0.717) is 12.8 Å². The predicted octanol–water partition coefficient (Wildman–Crippen LogP) is -0.679. The summed E-state index contributed by atoms with van der Waals surface area (Å²) in [5, 5.41) is 0. The first-order valence-corrected chi connectivity index (χ1v) is 5.75. The van der Waals surface area contributed by atoms with Crippen molar-refractivity contribution in [3.8, 4) is 0 Å². The average Bonchev–Trinajstić information content (AvgIpc) is 2.46. The van der Waals surface area contributed by atoms with Gasteiger partial charge in [0.25, 0.3) is 0 Å². The molecule has 0 radical (unpaired) electrons. The molecule has 0 fully saturated rings. The zero-order valence-corrected chi connectivity index (χ0v) is 11.3. The Morgan fingerprint density at radius 2 is 1.05 bits per heavy atom. The minimum absolute atomic E-state index is 0.141. The molecule has 0 aromatic carbocycles. The van der Waals surface area contributed by atoms with Crippen LogP contribution in [0.25, 0.3) is 0 Å². The zero-order valence-electron chi connectivity index (χ0n) is 11.3. The van der Waals surface area contributed by atoms with E-state index in [1.165, 1.54) is 14.2 Å². The Hall–Kier alpha value is -2.52. The van der Waals surface area contributed by atoms with Gasteiger partial charge in [0.2, 0.25) is 11.8 Å². The summed E-state index contributed by atoms with van der Waals surface area (Å²) in [6.45, 7) is 0. The van der Waals surface area contributed by atoms with E-state index in [0.717, 1.165) is 0 Å². The molecule has 10 heteroatoms. The zero-order chi connectivity index (χ0) is 15.4. The van der Waals surface area contributed by atoms with E-state index in [4.69, 9.17) is 0 Å². The van der Waals surface area contributed by atoms with Crippen LogP contribution in [0.15, 0.2) is 0 Å². The van der Waals surface area contributed by atoms with E-state index in [-0.39, 0.29) is 12.8 Å². The number of nitrogens with one attached hydrogen (secondary N) is 4. The molecule has 0 unspecified atom stereocenters. The van der Waals surface area contributed by atoms with Crippen LogP contribution in [0.2, 0.25) is 0 Å². The minimum Gasteiger partial charge on any atom is -0.452 e.